The van der Waals surface area contributed by atoms with Gasteiger partial charge in [0.2, 0.25) is 0 Å². The van der Waals surface area contributed by atoms with Crippen LogP contribution in [0.4, 0.5) is 0 Å². The van der Waals surface area contributed by atoms with Gasteiger partial charge in [-0.25, -0.2) is 0 Å². The Kier molecular flexibility index (Phi) is 3.79. The highest BCUT2D eigenvalue weighted by Gasteiger charge is 2.09. The minimum Gasteiger partial charge on any atom is -0.330 e. The summed E-state index contributed by atoms with van der Waals surface area (Å²) in [6, 6.07) is 12.6. The fourth-order valence-corrected chi connectivity index (χ4v) is 3.28. The maximum atomic E-state index is 5.68. The average Bonchev–Trinajstić information content (AvgIpc) is 2.78. The van der Waals surface area contributed by atoms with Crippen molar-refractivity contribution >= 4 is 27.3 Å². The van der Waals surface area contributed by atoms with Crippen molar-refractivity contribution in [2.75, 3.05) is 6.54 Å². The van der Waals surface area contributed by atoms with Gasteiger partial charge in [-0.2, -0.15) is 0 Å². The van der Waals surface area contributed by atoms with E-state index in [9.17, 15) is 0 Å². The Morgan fingerprint density at radius 3 is 2.69 bits per heavy atom. The molecular weight excluding hydrogens is 282 g/mol. The maximum absolute atomic E-state index is 5.68. The number of rotatable bonds is 3. The van der Waals surface area contributed by atoms with Crippen molar-refractivity contribution in [3.05, 3.63) is 45.7 Å². The van der Waals surface area contributed by atoms with Crippen molar-refractivity contribution < 1.29 is 0 Å². The SMILES string of the molecule is CC(CN)c1ccc(-c2ccccc2Br)s1. The molecule has 16 heavy (non-hydrogen) atoms. The Morgan fingerprint density at radius 1 is 1.25 bits per heavy atom. The largest absolute Gasteiger partial charge is 0.330 e. The Balaban J connectivity index is 2.35. The molecule has 0 aliphatic rings. The summed E-state index contributed by atoms with van der Waals surface area (Å²) in [7, 11) is 0. The van der Waals surface area contributed by atoms with Crippen molar-refractivity contribution in [2.24, 2.45) is 5.73 Å². The fourth-order valence-electron chi connectivity index (χ4n) is 1.54. The third kappa shape index (κ3) is 2.37. The highest BCUT2D eigenvalue weighted by Crippen LogP contribution is 2.35. The van der Waals surface area contributed by atoms with Crippen molar-refractivity contribution in [3.63, 3.8) is 0 Å². The predicted molar refractivity (Wildman–Crippen MR) is 74.9 cm³/mol. The second-order valence-corrected chi connectivity index (χ2v) is 5.79. The van der Waals surface area contributed by atoms with E-state index in [0.29, 0.717) is 12.5 Å². The zero-order valence-corrected chi connectivity index (χ0v) is 11.5. The Bertz CT molecular complexity index is 478. The third-order valence-corrected chi connectivity index (χ3v) is 4.65. The summed E-state index contributed by atoms with van der Waals surface area (Å²) in [5.74, 6) is 0.446. The van der Waals surface area contributed by atoms with Gasteiger partial charge in [0.1, 0.15) is 0 Å². The standard InChI is InChI=1S/C13H14BrNS/c1-9(8-15)12-6-7-13(16-12)10-4-2-3-5-11(10)14/h2-7,9H,8,15H2,1H3. The highest BCUT2D eigenvalue weighted by molar-refractivity contribution is 9.10. The molecule has 2 rings (SSSR count). The van der Waals surface area contributed by atoms with Crippen LogP contribution in [0.2, 0.25) is 0 Å². The first-order chi connectivity index (χ1) is 7.72. The lowest BCUT2D eigenvalue weighted by atomic mass is 10.1. The molecule has 0 saturated heterocycles. The molecule has 1 heterocycles. The Morgan fingerprint density at radius 2 is 2.00 bits per heavy atom. The van der Waals surface area contributed by atoms with Crippen LogP contribution in [0.15, 0.2) is 40.9 Å². The maximum Gasteiger partial charge on any atom is 0.0357 e. The monoisotopic (exact) mass is 295 g/mol. The zero-order valence-electron chi connectivity index (χ0n) is 9.11. The topological polar surface area (TPSA) is 26.0 Å². The summed E-state index contributed by atoms with van der Waals surface area (Å²) in [5, 5.41) is 0. The molecule has 0 bridgehead atoms. The molecule has 0 amide bonds. The van der Waals surface area contributed by atoms with Gasteiger partial charge in [0, 0.05) is 25.7 Å². The molecule has 3 heteroatoms. The first-order valence-corrected chi connectivity index (χ1v) is 6.88. The molecule has 1 aromatic heterocycles. The number of hydrogen-bond acceptors (Lipinski definition) is 2. The van der Waals surface area contributed by atoms with E-state index in [1.54, 1.807) is 0 Å². The fraction of sp³-hybridized carbons (Fsp3) is 0.231. The second kappa shape index (κ2) is 5.13. The van der Waals surface area contributed by atoms with Crippen LogP contribution in [0.3, 0.4) is 0 Å². The molecule has 2 aromatic rings. The Labute approximate surface area is 108 Å². The van der Waals surface area contributed by atoms with E-state index in [0.717, 1.165) is 4.47 Å². The highest BCUT2D eigenvalue weighted by atomic mass is 79.9. The summed E-state index contributed by atoms with van der Waals surface area (Å²) in [6.45, 7) is 2.87. The van der Waals surface area contributed by atoms with Gasteiger partial charge in [-0.15, -0.1) is 11.3 Å². The Hall–Kier alpha value is -0.640. The average molecular weight is 296 g/mol. The first kappa shape index (κ1) is 11.8. The molecular formula is C13H14BrNS. The number of halogens is 1. The van der Waals surface area contributed by atoms with Gasteiger partial charge in [0.05, 0.1) is 0 Å². The molecule has 1 atom stereocenters. The molecule has 0 saturated carbocycles. The van der Waals surface area contributed by atoms with Crippen LogP contribution in [0.1, 0.15) is 17.7 Å². The molecule has 2 N–H and O–H groups in total. The van der Waals surface area contributed by atoms with Crippen molar-refractivity contribution in [2.45, 2.75) is 12.8 Å². The summed E-state index contributed by atoms with van der Waals surface area (Å²) >= 11 is 5.40. The van der Waals surface area contributed by atoms with E-state index in [1.165, 1.54) is 15.3 Å². The van der Waals surface area contributed by atoms with E-state index in [2.05, 4.69) is 53.2 Å². The lowest BCUT2D eigenvalue weighted by Crippen LogP contribution is -2.06. The minimum absolute atomic E-state index is 0.446. The third-order valence-electron chi connectivity index (χ3n) is 2.61. The second-order valence-electron chi connectivity index (χ2n) is 3.82. The lowest BCUT2D eigenvalue weighted by molar-refractivity contribution is 0.790. The van der Waals surface area contributed by atoms with Crippen LogP contribution in [0.5, 0.6) is 0 Å². The summed E-state index contributed by atoms with van der Waals surface area (Å²) in [5.41, 5.74) is 6.93. The summed E-state index contributed by atoms with van der Waals surface area (Å²) in [6.07, 6.45) is 0. The number of nitrogens with two attached hydrogens (primary N) is 1. The van der Waals surface area contributed by atoms with E-state index in [-0.39, 0.29) is 0 Å². The van der Waals surface area contributed by atoms with Crippen LogP contribution >= 0.6 is 27.3 Å². The number of thiophene rings is 1. The van der Waals surface area contributed by atoms with E-state index in [4.69, 9.17) is 5.73 Å². The van der Waals surface area contributed by atoms with Gasteiger partial charge < -0.3 is 5.73 Å². The van der Waals surface area contributed by atoms with Gasteiger partial charge >= 0.3 is 0 Å². The van der Waals surface area contributed by atoms with Gasteiger partial charge in [-0.3, -0.25) is 0 Å². The normalized spacial score (nSPS) is 12.7. The molecule has 1 aromatic carbocycles. The van der Waals surface area contributed by atoms with Crippen molar-refractivity contribution in [1.82, 2.24) is 0 Å². The van der Waals surface area contributed by atoms with Crippen LogP contribution in [-0.4, -0.2) is 6.54 Å². The first-order valence-electron chi connectivity index (χ1n) is 5.27. The molecule has 1 nitrogen and oxygen atoms in total. The summed E-state index contributed by atoms with van der Waals surface area (Å²) in [4.78, 5) is 2.65. The molecule has 0 aliphatic heterocycles. The van der Waals surface area contributed by atoms with Gasteiger partial charge in [-0.1, -0.05) is 41.1 Å². The van der Waals surface area contributed by atoms with Crippen molar-refractivity contribution in [3.8, 4) is 10.4 Å². The van der Waals surface area contributed by atoms with Gasteiger partial charge in [0.25, 0.3) is 0 Å². The lowest BCUT2D eigenvalue weighted by Gasteiger charge is -2.04. The number of hydrogen-bond donors (Lipinski definition) is 1. The van der Waals surface area contributed by atoms with Crippen LogP contribution in [-0.2, 0) is 0 Å². The smallest absolute Gasteiger partial charge is 0.0357 e. The van der Waals surface area contributed by atoms with Crippen LogP contribution < -0.4 is 5.73 Å². The minimum atomic E-state index is 0.446. The van der Waals surface area contributed by atoms with Gasteiger partial charge in [-0.05, 0) is 24.7 Å². The predicted octanol–water partition coefficient (Wildman–Crippen LogP) is 4.24. The molecule has 0 radical (unpaired) electrons. The molecule has 0 fully saturated rings. The van der Waals surface area contributed by atoms with E-state index in [1.807, 2.05) is 17.4 Å². The molecule has 0 aliphatic carbocycles. The number of benzene rings is 1. The van der Waals surface area contributed by atoms with E-state index >= 15 is 0 Å². The van der Waals surface area contributed by atoms with Crippen molar-refractivity contribution in [1.29, 1.82) is 0 Å². The zero-order chi connectivity index (χ0) is 11.5. The molecule has 1 unspecified atom stereocenters. The van der Waals surface area contributed by atoms with Crippen LogP contribution in [0, 0.1) is 0 Å². The van der Waals surface area contributed by atoms with E-state index < -0.39 is 0 Å². The summed E-state index contributed by atoms with van der Waals surface area (Å²) < 4.78 is 1.14. The molecule has 84 valence electrons. The quantitative estimate of drug-likeness (QED) is 0.900. The molecule has 0 spiro atoms. The van der Waals surface area contributed by atoms with Gasteiger partial charge in [0.15, 0.2) is 0 Å². The van der Waals surface area contributed by atoms with Crippen LogP contribution in [0.25, 0.3) is 10.4 Å².